The topological polar surface area (TPSA) is 51.0 Å². The molecule has 120 valence electrons. The predicted octanol–water partition coefficient (Wildman–Crippen LogP) is 2.13. The van der Waals surface area contributed by atoms with Crippen molar-refractivity contribution in [3.05, 3.63) is 47.3 Å². The Hall–Kier alpha value is -2.24. The second kappa shape index (κ2) is 5.44. The molecule has 1 aromatic carbocycles. The molecule has 1 amide bonds. The quantitative estimate of drug-likeness (QED) is 0.872. The van der Waals surface area contributed by atoms with E-state index >= 15 is 0 Å². The zero-order valence-corrected chi connectivity index (χ0v) is 13.1. The van der Waals surface area contributed by atoms with Crippen LogP contribution in [0.3, 0.4) is 0 Å². The molecule has 4 rings (SSSR count). The number of hydrogen-bond donors (Lipinski definition) is 0. The van der Waals surface area contributed by atoms with Gasteiger partial charge in [0, 0.05) is 25.4 Å². The Kier molecular flexibility index (Phi) is 3.39. The minimum absolute atomic E-state index is 0.0229. The molecule has 23 heavy (non-hydrogen) atoms. The Labute approximate surface area is 134 Å². The average Bonchev–Trinajstić information content (AvgIpc) is 3.26. The number of fused-ring (bicyclic) bond motifs is 1. The molecule has 1 aliphatic heterocycles. The fourth-order valence-electron chi connectivity index (χ4n) is 3.49. The summed E-state index contributed by atoms with van der Waals surface area (Å²) in [7, 11) is 0. The molecule has 0 saturated heterocycles. The van der Waals surface area contributed by atoms with Gasteiger partial charge in [-0.3, -0.25) is 4.79 Å². The summed E-state index contributed by atoms with van der Waals surface area (Å²) in [6, 6.07) is 6.76. The van der Waals surface area contributed by atoms with Crippen molar-refractivity contribution in [2.24, 2.45) is 5.92 Å². The lowest BCUT2D eigenvalue weighted by Crippen LogP contribution is -2.39. The lowest BCUT2D eigenvalue weighted by molar-refractivity contribution is -0.134. The molecular weight excluding hydrogens is 295 g/mol. The number of benzene rings is 1. The summed E-state index contributed by atoms with van der Waals surface area (Å²) < 4.78 is 16.0. The van der Waals surface area contributed by atoms with E-state index in [2.05, 4.69) is 21.7 Å². The van der Waals surface area contributed by atoms with Gasteiger partial charge in [-0.05, 0) is 24.0 Å². The maximum atomic E-state index is 13.9. The predicted molar refractivity (Wildman–Crippen MR) is 82.1 cm³/mol. The van der Waals surface area contributed by atoms with Gasteiger partial charge in [0.25, 0.3) is 0 Å². The molecule has 2 aromatic rings. The molecule has 2 atom stereocenters. The third-order valence-electron chi connectivity index (χ3n) is 4.87. The smallest absolute Gasteiger partial charge is 0.226 e. The standard InChI is InChI=1S/C17H19FN4O/c1-2-15-19-20-16-10-21(7-8-22(15)16)17(23)13-9-12(13)11-5-3-4-6-14(11)18/h3-6,12-13H,2,7-10H2,1H3/t12-,13-/m1/s1. The van der Waals surface area contributed by atoms with Gasteiger partial charge in [-0.25, -0.2) is 4.39 Å². The normalized spacial score (nSPS) is 22.8. The van der Waals surface area contributed by atoms with Crippen LogP contribution >= 0.6 is 0 Å². The van der Waals surface area contributed by atoms with E-state index in [-0.39, 0.29) is 23.6 Å². The van der Waals surface area contributed by atoms with Crippen molar-refractivity contribution in [3.63, 3.8) is 0 Å². The maximum absolute atomic E-state index is 13.9. The van der Waals surface area contributed by atoms with Crippen molar-refractivity contribution in [1.82, 2.24) is 19.7 Å². The molecule has 0 radical (unpaired) electrons. The van der Waals surface area contributed by atoms with Crippen LogP contribution < -0.4 is 0 Å². The van der Waals surface area contributed by atoms with Crippen LogP contribution in [-0.2, 0) is 24.3 Å². The number of hydrogen-bond acceptors (Lipinski definition) is 3. The maximum Gasteiger partial charge on any atom is 0.226 e. The highest BCUT2D eigenvalue weighted by Gasteiger charge is 2.47. The monoisotopic (exact) mass is 314 g/mol. The third kappa shape index (κ3) is 2.42. The highest BCUT2D eigenvalue weighted by Crippen LogP contribution is 2.49. The Morgan fingerprint density at radius 1 is 1.30 bits per heavy atom. The van der Waals surface area contributed by atoms with E-state index in [1.807, 2.05) is 11.0 Å². The Bertz CT molecular complexity index is 757. The zero-order valence-electron chi connectivity index (χ0n) is 13.1. The molecule has 1 fully saturated rings. The lowest BCUT2D eigenvalue weighted by Gasteiger charge is -2.28. The van der Waals surface area contributed by atoms with Crippen molar-refractivity contribution >= 4 is 5.91 Å². The molecule has 0 bridgehead atoms. The van der Waals surface area contributed by atoms with E-state index in [1.54, 1.807) is 12.1 Å². The summed E-state index contributed by atoms with van der Waals surface area (Å²) in [6.07, 6.45) is 1.59. The number of halogens is 1. The first-order valence-electron chi connectivity index (χ1n) is 8.13. The number of amides is 1. The molecule has 0 N–H and O–H groups in total. The Morgan fingerprint density at radius 3 is 2.91 bits per heavy atom. The van der Waals surface area contributed by atoms with Crippen LogP contribution in [0.25, 0.3) is 0 Å². The fourth-order valence-corrected chi connectivity index (χ4v) is 3.49. The van der Waals surface area contributed by atoms with E-state index in [0.29, 0.717) is 18.7 Å². The van der Waals surface area contributed by atoms with E-state index in [9.17, 15) is 9.18 Å². The molecular formula is C17H19FN4O. The summed E-state index contributed by atoms with van der Waals surface area (Å²) in [5, 5.41) is 8.36. The molecule has 5 nitrogen and oxygen atoms in total. The van der Waals surface area contributed by atoms with Crippen LogP contribution in [0, 0.1) is 11.7 Å². The van der Waals surface area contributed by atoms with Gasteiger partial charge in [0.05, 0.1) is 6.54 Å². The summed E-state index contributed by atoms with van der Waals surface area (Å²) >= 11 is 0. The molecule has 1 saturated carbocycles. The Balaban J connectivity index is 1.46. The number of carbonyl (C=O) groups excluding carboxylic acids is 1. The molecule has 2 aliphatic rings. The first-order chi connectivity index (χ1) is 11.2. The first-order valence-corrected chi connectivity index (χ1v) is 8.13. The second-order valence-electron chi connectivity index (χ2n) is 6.27. The van der Waals surface area contributed by atoms with Crippen LogP contribution in [0.4, 0.5) is 4.39 Å². The lowest BCUT2D eigenvalue weighted by atomic mass is 10.1. The van der Waals surface area contributed by atoms with Crippen LogP contribution in [-0.4, -0.2) is 32.1 Å². The molecule has 0 spiro atoms. The number of rotatable bonds is 3. The summed E-state index contributed by atoms with van der Waals surface area (Å²) in [6.45, 7) is 3.98. The van der Waals surface area contributed by atoms with Crippen molar-refractivity contribution in [2.75, 3.05) is 6.54 Å². The summed E-state index contributed by atoms with van der Waals surface area (Å²) in [5.74, 6) is 1.67. The van der Waals surface area contributed by atoms with Crippen molar-refractivity contribution in [3.8, 4) is 0 Å². The highest BCUT2D eigenvalue weighted by atomic mass is 19.1. The zero-order chi connectivity index (χ0) is 16.0. The van der Waals surface area contributed by atoms with Gasteiger partial charge in [-0.15, -0.1) is 10.2 Å². The van der Waals surface area contributed by atoms with Gasteiger partial charge in [0.2, 0.25) is 5.91 Å². The number of nitrogens with zero attached hydrogens (tertiary/aromatic N) is 4. The molecule has 6 heteroatoms. The number of aryl methyl sites for hydroxylation is 1. The van der Waals surface area contributed by atoms with Crippen LogP contribution in [0.2, 0.25) is 0 Å². The van der Waals surface area contributed by atoms with Crippen molar-refractivity contribution in [2.45, 2.75) is 38.8 Å². The second-order valence-corrected chi connectivity index (χ2v) is 6.27. The summed E-state index contributed by atoms with van der Waals surface area (Å²) in [5.41, 5.74) is 0.666. The third-order valence-corrected chi connectivity index (χ3v) is 4.87. The SMILES string of the molecule is CCc1nnc2n1CCN(C(=O)[C@@H]1C[C@@H]1c1ccccc1F)C2. The van der Waals surface area contributed by atoms with E-state index < -0.39 is 0 Å². The molecule has 1 aliphatic carbocycles. The van der Waals surface area contributed by atoms with Gasteiger partial charge >= 0.3 is 0 Å². The van der Waals surface area contributed by atoms with Crippen molar-refractivity contribution < 1.29 is 9.18 Å². The molecule has 0 unspecified atom stereocenters. The largest absolute Gasteiger partial charge is 0.333 e. The first kappa shape index (κ1) is 14.4. The van der Waals surface area contributed by atoms with Crippen LogP contribution in [0.15, 0.2) is 24.3 Å². The van der Waals surface area contributed by atoms with Gasteiger partial charge in [0.15, 0.2) is 5.82 Å². The van der Waals surface area contributed by atoms with E-state index in [4.69, 9.17) is 0 Å². The van der Waals surface area contributed by atoms with Crippen LogP contribution in [0.1, 0.15) is 36.5 Å². The average molecular weight is 314 g/mol. The summed E-state index contributed by atoms with van der Waals surface area (Å²) in [4.78, 5) is 14.5. The van der Waals surface area contributed by atoms with Crippen molar-refractivity contribution in [1.29, 1.82) is 0 Å². The van der Waals surface area contributed by atoms with Gasteiger partial charge in [-0.1, -0.05) is 25.1 Å². The van der Waals surface area contributed by atoms with Gasteiger partial charge in [-0.2, -0.15) is 0 Å². The van der Waals surface area contributed by atoms with E-state index in [1.165, 1.54) is 6.07 Å². The number of carbonyl (C=O) groups is 1. The minimum atomic E-state index is -0.209. The fraction of sp³-hybridized carbons (Fsp3) is 0.471. The van der Waals surface area contributed by atoms with Gasteiger partial charge in [0.1, 0.15) is 11.6 Å². The highest BCUT2D eigenvalue weighted by molar-refractivity contribution is 5.83. The van der Waals surface area contributed by atoms with Crippen LogP contribution in [0.5, 0.6) is 0 Å². The number of aromatic nitrogens is 3. The minimum Gasteiger partial charge on any atom is -0.333 e. The molecule has 2 heterocycles. The Morgan fingerprint density at radius 2 is 2.13 bits per heavy atom. The van der Waals surface area contributed by atoms with E-state index in [0.717, 1.165) is 31.0 Å². The van der Waals surface area contributed by atoms with Gasteiger partial charge < -0.3 is 9.47 Å². The molecule has 1 aromatic heterocycles.